The number of nitrogens with one attached hydrogen (secondary N) is 1. The molecule has 0 spiro atoms. The van der Waals surface area contributed by atoms with Crippen molar-refractivity contribution in [2.75, 3.05) is 23.9 Å². The second-order valence-electron chi connectivity index (χ2n) is 4.39. The second-order valence-corrected chi connectivity index (χ2v) is 5.20. The van der Waals surface area contributed by atoms with Gasteiger partial charge in [0.15, 0.2) is 0 Å². The molecular weight excluding hydrogens is 297 g/mol. The number of nitrogen functional groups attached to an aromatic ring is 2. The number of halogens is 2. The summed E-state index contributed by atoms with van der Waals surface area (Å²) in [7, 11) is 1.57. The number of anilines is 4. The van der Waals surface area contributed by atoms with Crippen LogP contribution in [0, 0.1) is 6.92 Å². The smallest absolute Gasteiger partial charge is 0.143 e. The van der Waals surface area contributed by atoms with E-state index in [2.05, 4.69) is 5.32 Å². The van der Waals surface area contributed by atoms with E-state index < -0.39 is 0 Å². The van der Waals surface area contributed by atoms with Crippen LogP contribution in [-0.2, 0) is 0 Å². The van der Waals surface area contributed by atoms with E-state index >= 15 is 0 Å². The van der Waals surface area contributed by atoms with Crippen molar-refractivity contribution in [3.63, 3.8) is 0 Å². The molecule has 0 aromatic heterocycles. The van der Waals surface area contributed by atoms with Crippen LogP contribution in [0.5, 0.6) is 5.75 Å². The zero-order valence-electron chi connectivity index (χ0n) is 11.1. The molecular formula is C14H15Cl2N3O. The molecule has 0 saturated carbocycles. The molecule has 0 unspecified atom stereocenters. The molecule has 0 radical (unpaired) electrons. The molecule has 6 heteroatoms. The number of nitrogens with two attached hydrogens (primary N) is 2. The van der Waals surface area contributed by atoms with Crippen molar-refractivity contribution in [1.82, 2.24) is 0 Å². The van der Waals surface area contributed by atoms with Crippen molar-refractivity contribution in [2.24, 2.45) is 0 Å². The fourth-order valence-corrected chi connectivity index (χ4v) is 2.21. The number of hydrogen-bond acceptors (Lipinski definition) is 4. The third kappa shape index (κ3) is 2.86. The molecule has 5 N–H and O–H groups in total. The number of ether oxygens (including phenoxy) is 1. The highest BCUT2D eigenvalue weighted by atomic mass is 35.5. The molecule has 0 heterocycles. The third-order valence-electron chi connectivity index (χ3n) is 2.93. The lowest BCUT2D eigenvalue weighted by atomic mass is 10.1. The maximum absolute atomic E-state index is 6.15. The van der Waals surface area contributed by atoms with Crippen LogP contribution in [0.15, 0.2) is 24.3 Å². The van der Waals surface area contributed by atoms with Gasteiger partial charge in [-0.25, -0.2) is 0 Å². The van der Waals surface area contributed by atoms with E-state index in [4.69, 9.17) is 39.4 Å². The Balaban J connectivity index is 2.42. The predicted octanol–water partition coefficient (Wildman–Crippen LogP) is 4.22. The van der Waals surface area contributed by atoms with E-state index in [1.54, 1.807) is 19.2 Å². The van der Waals surface area contributed by atoms with E-state index in [1.165, 1.54) is 0 Å². The Kier molecular flexibility index (Phi) is 4.16. The summed E-state index contributed by atoms with van der Waals surface area (Å²) >= 11 is 12.2. The van der Waals surface area contributed by atoms with Gasteiger partial charge in [0.05, 0.1) is 34.2 Å². The zero-order chi connectivity index (χ0) is 14.9. The summed E-state index contributed by atoms with van der Waals surface area (Å²) < 4.78 is 5.21. The summed E-state index contributed by atoms with van der Waals surface area (Å²) in [6.07, 6.45) is 0. The van der Waals surface area contributed by atoms with Crippen molar-refractivity contribution < 1.29 is 4.74 Å². The quantitative estimate of drug-likeness (QED) is 0.742. The van der Waals surface area contributed by atoms with Crippen molar-refractivity contribution in [2.45, 2.75) is 6.92 Å². The highest BCUT2D eigenvalue weighted by molar-refractivity contribution is 6.37. The molecule has 4 nitrogen and oxygen atoms in total. The van der Waals surface area contributed by atoms with Crippen molar-refractivity contribution >= 4 is 46.0 Å². The average molecular weight is 312 g/mol. The van der Waals surface area contributed by atoms with Crippen LogP contribution in [0.4, 0.5) is 22.7 Å². The molecule has 0 fully saturated rings. The number of hydrogen-bond donors (Lipinski definition) is 3. The molecule has 20 heavy (non-hydrogen) atoms. The summed E-state index contributed by atoms with van der Waals surface area (Å²) in [6, 6.07) is 6.93. The number of methoxy groups -OCH3 is 1. The first kappa shape index (κ1) is 14.6. The lowest BCUT2D eigenvalue weighted by Crippen LogP contribution is -1.99. The summed E-state index contributed by atoms with van der Waals surface area (Å²) in [6.45, 7) is 1.94. The second kappa shape index (κ2) is 5.69. The Labute approximate surface area is 127 Å². The minimum absolute atomic E-state index is 0.439. The first-order valence-electron chi connectivity index (χ1n) is 5.88. The Hall–Kier alpha value is -1.78. The molecule has 0 amide bonds. The fourth-order valence-electron chi connectivity index (χ4n) is 1.82. The summed E-state index contributed by atoms with van der Waals surface area (Å²) in [5.74, 6) is 0.593. The van der Waals surface area contributed by atoms with E-state index in [1.807, 2.05) is 19.1 Å². The van der Waals surface area contributed by atoms with E-state index in [0.717, 1.165) is 11.3 Å². The van der Waals surface area contributed by atoms with Crippen LogP contribution in [0.25, 0.3) is 0 Å². The summed E-state index contributed by atoms with van der Waals surface area (Å²) in [4.78, 5) is 0. The lowest BCUT2D eigenvalue weighted by Gasteiger charge is -2.15. The normalized spacial score (nSPS) is 10.4. The van der Waals surface area contributed by atoms with Crippen LogP contribution in [0.1, 0.15) is 5.56 Å². The monoisotopic (exact) mass is 311 g/mol. The van der Waals surface area contributed by atoms with Gasteiger partial charge in [0.25, 0.3) is 0 Å². The first-order chi connectivity index (χ1) is 9.42. The molecule has 0 saturated heterocycles. The predicted molar refractivity (Wildman–Crippen MR) is 86.3 cm³/mol. The summed E-state index contributed by atoms with van der Waals surface area (Å²) in [5.41, 5.74) is 15.0. The van der Waals surface area contributed by atoms with Gasteiger partial charge in [-0.3, -0.25) is 0 Å². The zero-order valence-corrected chi connectivity index (χ0v) is 12.6. The van der Waals surface area contributed by atoms with E-state index in [0.29, 0.717) is 32.9 Å². The molecule has 2 aromatic rings. The highest BCUT2D eigenvalue weighted by Gasteiger charge is 2.09. The van der Waals surface area contributed by atoms with Crippen LogP contribution >= 0.6 is 23.2 Å². The largest absolute Gasteiger partial charge is 0.495 e. The molecule has 0 atom stereocenters. The Morgan fingerprint density at radius 2 is 1.65 bits per heavy atom. The standard InChI is InChI=1S/C14H15Cl2N3O/c1-7-3-11(18)14(20-2)6-12(7)19-13-5-8(15)10(17)4-9(13)16/h3-6,19H,17-18H2,1-2H3. The fraction of sp³-hybridized carbons (Fsp3) is 0.143. The Bertz CT molecular complexity index is 659. The Morgan fingerprint density at radius 3 is 2.30 bits per heavy atom. The molecule has 0 aliphatic heterocycles. The first-order valence-corrected chi connectivity index (χ1v) is 6.63. The minimum atomic E-state index is 0.439. The van der Waals surface area contributed by atoms with Gasteiger partial charge in [0.1, 0.15) is 5.75 Å². The van der Waals surface area contributed by atoms with Gasteiger partial charge in [-0.1, -0.05) is 23.2 Å². The van der Waals surface area contributed by atoms with Gasteiger partial charge in [0, 0.05) is 11.8 Å². The SMILES string of the molecule is COc1cc(Nc2cc(Cl)c(N)cc2Cl)c(C)cc1N. The van der Waals surface area contributed by atoms with Crippen molar-refractivity contribution in [1.29, 1.82) is 0 Å². The topological polar surface area (TPSA) is 73.3 Å². The van der Waals surface area contributed by atoms with E-state index in [9.17, 15) is 0 Å². The molecule has 0 aliphatic carbocycles. The molecule has 0 aliphatic rings. The van der Waals surface area contributed by atoms with Gasteiger partial charge in [-0.15, -0.1) is 0 Å². The van der Waals surface area contributed by atoms with Gasteiger partial charge in [-0.2, -0.15) is 0 Å². The minimum Gasteiger partial charge on any atom is -0.495 e. The average Bonchev–Trinajstić information content (AvgIpc) is 2.38. The van der Waals surface area contributed by atoms with Crippen molar-refractivity contribution in [3.8, 4) is 5.75 Å². The number of aryl methyl sites for hydroxylation is 1. The molecule has 2 rings (SSSR count). The van der Waals surface area contributed by atoms with Crippen LogP contribution in [-0.4, -0.2) is 7.11 Å². The molecule has 0 bridgehead atoms. The van der Waals surface area contributed by atoms with Crippen molar-refractivity contribution in [3.05, 3.63) is 39.9 Å². The van der Waals surface area contributed by atoms with Gasteiger partial charge >= 0.3 is 0 Å². The van der Waals surface area contributed by atoms with Crippen LogP contribution in [0.3, 0.4) is 0 Å². The summed E-state index contributed by atoms with van der Waals surface area (Å²) in [5, 5.41) is 4.13. The maximum Gasteiger partial charge on any atom is 0.143 e. The Morgan fingerprint density at radius 1 is 0.950 bits per heavy atom. The van der Waals surface area contributed by atoms with Gasteiger partial charge in [-0.05, 0) is 30.7 Å². The van der Waals surface area contributed by atoms with Gasteiger partial charge in [0.2, 0.25) is 0 Å². The number of benzene rings is 2. The molecule has 2 aromatic carbocycles. The maximum atomic E-state index is 6.15. The molecule has 106 valence electrons. The lowest BCUT2D eigenvalue weighted by molar-refractivity contribution is 0.417. The number of rotatable bonds is 3. The van der Waals surface area contributed by atoms with Crippen LogP contribution in [0.2, 0.25) is 10.0 Å². The van der Waals surface area contributed by atoms with Crippen LogP contribution < -0.4 is 21.5 Å². The van der Waals surface area contributed by atoms with Gasteiger partial charge < -0.3 is 21.5 Å². The highest BCUT2D eigenvalue weighted by Crippen LogP contribution is 2.35. The third-order valence-corrected chi connectivity index (χ3v) is 3.57. The van der Waals surface area contributed by atoms with E-state index in [-0.39, 0.29) is 0 Å².